The zero-order chi connectivity index (χ0) is 13.7. The van der Waals surface area contributed by atoms with Gasteiger partial charge in [0.1, 0.15) is 0 Å². The molecule has 19 heavy (non-hydrogen) atoms. The number of nitrogens with one attached hydrogen (secondary N) is 1. The predicted octanol–water partition coefficient (Wildman–Crippen LogP) is 3.89. The van der Waals surface area contributed by atoms with E-state index in [2.05, 4.69) is 31.0 Å². The number of thiazole rings is 1. The Kier molecular flexibility index (Phi) is 5.64. The van der Waals surface area contributed by atoms with Crippen molar-refractivity contribution < 1.29 is 0 Å². The van der Waals surface area contributed by atoms with Crippen molar-refractivity contribution in [1.29, 1.82) is 0 Å². The van der Waals surface area contributed by atoms with Crippen LogP contribution in [0, 0.1) is 6.92 Å². The molecule has 1 atom stereocenters. The largest absolute Gasteiger partial charge is 0.348 e. The molecule has 0 radical (unpaired) electrons. The third-order valence-electron chi connectivity index (χ3n) is 3.79. The van der Waals surface area contributed by atoms with Crippen LogP contribution in [-0.4, -0.2) is 24.6 Å². The molecule has 1 fully saturated rings. The van der Waals surface area contributed by atoms with Gasteiger partial charge in [0.05, 0.1) is 5.69 Å². The molecule has 0 saturated carbocycles. The minimum Gasteiger partial charge on any atom is -0.348 e. The molecule has 1 unspecified atom stereocenters. The quantitative estimate of drug-likeness (QED) is 0.887. The van der Waals surface area contributed by atoms with Crippen molar-refractivity contribution >= 4 is 16.5 Å². The molecule has 4 heteroatoms. The van der Waals surface area contributed by atoms with Crippen molar-refractivity contribution in [2.75, 3.05) is 24.5 Å². The molecule has 1 N–H and O–H groups in total. The van der Waals surface area contributed by atoms with Crippen LogP contribution in [-0.2, 0) is 0 Å². The minimum absolute atomic E-state index is 0.429. The van der Waals surface area contributed by atoms with E-state index in [9.17, 15) is 0 Å². The van der Waals surface area contributed by atoms with Gasteiger partial charge < -0.3 is 10.2 Å². The van der Waals surface area contributed by atoms with Gasteiger partial charge in [0.15, 0.2) is 5.13 Å². The molecule has 1 aliphatic rings. The summed E-state index contributed by atoms with van der Waals surface area (Å²) in [5.74, 6) is 0. The Bertz CT molecular complexity index is 381. The van der Waals surface area contributed by atoms with Gasteiger partial charge in [-0.25, -0.2) is 4.98 Å². The van der Waals surface area contributed by atoms with Gasteiger partial charge in [-0.05, 0) is 39.7 Å². The third kappa shape index (κ3) is 3.93. The van der Waals surface area contributed by atoms with E-state index >= 15 is 0 Å². The standard InChI is InChI=1S/C15H27N3S/c1-4-9-16-12(2)14-13(3)17-15(19-14)18-10-7-5-6-8-11-18/h12,16H,4-11H2,1-3H3. The Morgan fingerprint density at radius 3 is 2.58 bits per heavy atom. The summed E-state index contributed by atoms with van der Waals surface area (Å²) in [7, 11) is 0. The van der Waals surface area contributed by atoms with Gasteiger partial charge in [0.2, 0.25) is 0 Å². The fraction of sp³-hybridized carbons (Fsp3) is 0.800. The van der Waals surface area contributed by atoms with Gasteiger partial charge in [-0.15, -0.1) is 11.3 Å². The molecule has 1 aromatic rings. The van der Waals surface area contributed by atoms with Crippen molar-refractivity contribution in [3.63, 3.8) is 0 Å². The summed E-state index contributed by atoms with van der Waals surface area (Å²) in [5, 5.41) is 4.81. The van der Waals surface area contributed by atoms with Gasteiger partial charge in [0.25, 0.3) is 0 Å². The Hall–Kier alpha value is -0.610. The van der Waals surface area contributed by atoms with E-state index in [1.54, 1.807) is 0 Å². The fourth-order valence-electron chi connectivity index (χ4n) is 2.65. The zero-order valence-corrected chi connectivity index (χ0v) is 13.4. The van der Waals surface area contributed by atoms with E-state index < -0.39 is 0 Å². The Labute approximate surface area is 121 Å². The van der Waals surface area contributed by atoms with E-state index in [1.165, 1.54) is 60.9 Å². The summed E-state index contributed by atoms with van der Waals surface area (Å²) in [4.78, 5) is 8.71. The predicted molar refractivity (Wildman–Crippen MR) is 84.2 cm³/mol. The molecule has 1 saturated heterocycles. The van der Waals surface area contributed by atoms with Crippen LogP contribution in [0.25, 0.3) is 0 Å². The molecule has 0 amide bonds. The van der Waals surface area contributed by atoms with Crippen LogP contribution < -0.4 is 10.2 Å². The SMILES string of the molecule is CCCNC(C)c1sc(N2CCCCCC2)nc1C. The number of anilines is 1. The van der Waals surface area contributed by atoms with Gasteiger partial charge in [-0.2, -0.15) is 0 Å². The highest BCUT2D eigenvalue weighted by molar-refractivity contribution is 7.15. The molecule has 3 nitrogen and oxygen atoms in total. The van der Waals surface area contributed by atoms with E-state index in [1.807, 2.05) is 11.3 Å². The van der Waals surface area contributed by atoms with Crippen LogP contribution >= 0.6 is 11.3 Å². The van der Waals surface area contributed by atoms with Crippen LogP contribution in [0.5, 0.6) is 0 Å². The maximum Gasteiger partial charge on any atom is 0.185 e. The van der Waals surface area contributed by atoms with Gasteiger partial charge in [0, 0.05) is 24.0 Å². The summed E-state index contributed by atoms with van der Waals surface area (Å²) in [6.07, 6.45) is 6.57. The zero-order valence-electron chi connectivity index (χ0n) is 12.5. The molecule has 2 heterocycles. The highest BCUT2D eigenvalue weighted by Crippen LogP contribution is 2.31. The molecule has 0 bridgehead atoms. The van der Waals surface area contributed by atoms with Crippen molar-refractivity contribution in [3.8, 4) is 0 Å². The molecule has 1 aliphatic heterocycles. The first-order chi connectivity index (χ1) is 9.22. The maximum absolute atomic E-state index is 4.81. The van der Waals surface area contributed by atoms with Crippen molar-refractivity contribution in [3.05, 3.63) is 10.6 Å². The van der Waals surface area contributed by atoms with Crippen LogP contribution in [0.15, 0.2) is 0 Å². The lowest BCUT2D eigenvalue weighted by molar-refractivity contribution is 0.575. The van der Waals surface area contributed by atoms with Crippen molar-refractivity contribution in [2.45, 2.75) is 58.9 Å². The lowest BCUT2D eigenvalue weighted by atomic mass is 10.2. The lowest BCUT2D eigenvalue weighted by Gasteiger charge is -2.18. The monoisotopic (exact) mass is 281 g/mol. The molecule has 0 aromatic carbocycles. The summed E-state index contributed by atoms with van der Waals surface area (Å²) < 4.78 is 0. The molecule has 2 rings (SSSR count). The topological polar surface area (TPSA) is 28.2 Å². The smallest absolute Gasteiger partial charge is 0.185 e. The Balaban J connectivity index is 2.06. The summed E-state index contributed by atoms with van der Waals surface area (Å²) >= 11 is 1.89. The second-order valence-electron chi connectivity index (χ2n) is 5.52. The van der Waals surface area contributed by atoms with Crippen LogP contribution in [0.1, 0.15) is 62.6 Å². The van der Waals surface area contributed by atoms with Gasteiger partial charge in [-0.3, -0.25) is 0 Å². The summed E-state index contributed by atoms with van der Waals surface area (Å²) in [6, 6.07) is 0.429. The first kappa shape index (κ1) is 14.8. The van der Waals surface area contributed by atoms with Gasteiger partial charge in [-0.1, -0.05) is 19.8 Å². The van der Waals surface area contributed by atoms with Gasteiger partial charge >= 0.3 is 0 Å². The molecular formula is C15H27N3S. The fourth-order valence-corrected chi connectivity index (χ4v) is 3.79. The lowest BCUT2D eigenvalue weighted by Crippen LogP contribution is -2.23. The first-order valence-corrected chi connectivity index (χ1v) is 8.49. The van der Waals surface area contributed by atoms with Crippen molar-refractivity contribution in [1.82, 2.24) is 10.3 Å². The van der Waals surface area contributed by atoms with Crippen molar-refractivity contribution in [2.24, 2.45) is 0 Å². The second-order valence-corrected chi connectivity index (χ2v) is 6.53. The average Bonchev–Trinajstić information content (AvgIpc) is 2.65. The summed E-state index contributed by atoms with van der Waals surface area (Å²) in [6.45, 7) is 10.1. The minimum atomic E-state index is 0.429. The third-order valence-corrected chi connectivity index (χ3v) is 5.19. The molecule has 0 spiro atoms. The highest BCUT2D eigenvalue weighted by Gasteiger charge is 2.18. The van der Waals surface area contributed by atoms with Crippen LogP contribution in [0.4, 0.5) is 5.13 Å². The Morgan fingerprint density at radius 1 is 1.26 bits per heavy atom. The number of nitrogens with zero attached hydrogens (tertiary/aromatic N) is 2. The first-order valence-electron chi connectivity index (χ1n) is 7.68. The second kappa shape index (κ2) is 7.25. The van der Waals surface area contributed by atoms with Crippen LogP contribution in [0.3, 0.4) is 0 Å². The number of hydrogen-bond donors (Lipinski definition) is 1. The molecule has 0 aliphatic carbocycles. The maximum atomic E-state index is 4.81. The van der Waals surface area contributed by atoms with E-state index in [-0.39, 0.29) is 0 Å². The average molecular weight is 281 g/mol. The summed E-state index contributed by atoms with van der Waals surface area (Å²) in [5.41, 5.74) is 1.21. The Morgan fingerprint density at radius 2 is 1.95 bits per heavy atom. The number of aryl methyl sites for hydroxylation is 1. The van der Waals surface area contributed by atoms with E-state index in [0.717, 1.165) is 6.54 Å². The van der Waals surface area contributed by atoms with Crippen LogP contribution in [0.2, 0.25) is 0 Å². The van der Waals surface area contributed by atoms with E-state index in [0.29, 0.717) is 6.04 Å². The number of hydrogen-bond acceptors (Lipinski definition) is 4. The van der Waals surface area contributed by atoms with E-state index in [4.69, 9.17) is 4.98 Å². The molecule has 108 valence electrons. The number of aromatic nitrogens is 1. The molecular weight excluding hydrogens is 254 g/mol. The highest BCUT2D eigenvalue weighted by atomic mass is 32.1. The molecule has 1 aromatic heterocycles. The number of rotatable bonds is 5. The normalized spacial score (nSPS) is 18.4.